The van der Waals surface area contributed by atoms with E-state index in [1.165, 1.54) is 22.9 Å². The second-order valence-electron chi connectivity index (χ2n) is 8.92. The van der Waals surface area contributed by atoms with Crippen molar-refractivity contribution >= 4 is 45.4 Å². The van der Waals surface area contributed by atoms with Gasteiger partial charge in [-0.2, -0.15) is 5.10 Å². The van der Waals surface area contributed by atoms with E-state index in [1.807, 2.05) is 44.2 Å². The average Bonchev–Trinajstić information content (AvgIpc) is 3.55. The Morgan fingerprint density at radius 1 is 1.12 bits per heavy atom. The Kier molecular flexibility index (Phi) is 8.71. The van der Waals surface area contributed by atoms with Crippen molar-refractivity contribution in [2.24, 2.45) is 5.10 Å². The van der Waals surface area contributed by atoms with E-state index < -0.39 is 0 Å². The van der Waals surface area contributed by atoms with Crippen molar-refractivity contribution in [1.82, 2.24) is 15.0 Å². The highest BCUT2D eigenvalue weighted by molar-refractivity contribution is 7.99. The van der Waals surface area contributed by atoms with Crippen LogP contribution in [0, 0.1) is 0 Å². The number of thioether (sulfide) groups is 1. The molecule has 0 radical (unpaired) electrons. The van der Waals surface area contributed by atoms with Crippen LogP contribution in [-0.2, 0) is 17.6 Å². The molecule has 4 aromatic rings. The van der Waals surface area contributed by atoms with Crippen LogP contribution in [-0.4, -0.2) is 47.7 Å². The number of carbonyl (C=O) groups is 1. The highest BCUT2D eigenvalue weighted by Crippen LogP contribution is 2.36. The minimum Gasteiger partial charge on any atom is -0.494 e. The van der Waals surface area contributed by atoms with Crippen LogP contribution in [0.3, 0.4) is 0 Å². The molecular weight excluding hydrogens is 548 g/mol. The molecule has 1 amide bonds. The van der Waals surface area contributed by atoms with E-state index in [0.717, 1.165) is 41.0 Å². The number of rotatable bonds is 11. The molecule has 1 N–H and O–H groups in total. The number of fused-ring (bicyclic) bond motifs is 3. The number of carbonyl (C=O) groups excluding carboxylic acids is 1. The fraction of sp³-hybridized carbons (Fsp3) is 0.310. The summed E-state index contributed by atoms with van der Waals surface area (Å²) in [5.74, 6) is 1.66. The first-order chi connectivity index (χ1) is 19.5. The van der Waals surface area contributed by atoms with E-state index in [0.29, 0.717) is 40.9 Å². The molecule has 2 aromatic heterocycles. The molecule has 208 valence electrons. The number of amides is 1. The number of methoxy groups -OCH3 is 1. The van der Waals surface area contributed by atoms with Crippen LogP contribution >= 0.6 is 23.1 Å². The predicted octanol–water partition coefficient (Wildman–Crippen LogP) is 4.98. The van der Waals surface area contributed by atoms with Gasteiger partial charge in [0.15, 0.2) is 16.7 Å². The van der Waals surface area contributed by atoms with Crippen molar-refractivity contribution in [1.29, 1.82) is 0 Å². The van der Waals surface area contributed by atoms with Gasteiger partial charge in [-0.1, -0.05) is 11.8 Å². The van der Waals surface area contributed by atoms with Crippen molar-refractivity contribution in [3.63, 3.8) is 0 Å². The molecule has 11 heteroatoms. The highest BCUT2D eigenvalue weighted by atomic mass is 32.2. The zero-order chi connectivity index (χ0) is 28.1. The number of hydrogen-bond donors (Lipinski definition) is 1. The van der Waals surface area contributed by atoms with Crippen LogP contribution in [0.1, 0.15) is 36.3 Å². The lowest BCUT2D eigenvalue weighted by molar-refractivity contribution is -0.118. The lowest BCUT2D eigenvalue weighted by Crippen LogP contribution is -2.24. The molecule has 5 rings (SSSR count). The van der Waals surface area contributed by atoms with Crippen molar-refractivity contribution in [3.8, 4) is 22.9 Å². The average molecular weight is 579 g/mol. The van der Waals surface area contributed by atoms with Crippen LogP contribution in [0.4, 0.5) is 0 Å². The summed E-state index contributed by atoms with van der Waals surface area (Å²) in [5, 5.41) is 5.22. The van der Waals surface area contributed by atoms with E-state index in [-0.39, 0.29) is 17.2 Å². The molecule has 0 atom stereocenters. The molecular formula is C29H30N4O5S2. The van der Waals surface area contributed by atoms with Gasteiger partial charge in [-0.25, -0.2) is 10.4 Å². The summed E-state index contributed by atoms with van der Waals surface area (Å²) in [6.45, 7) is 4.91. The SMILES string of the molecule is CCOc1ccc(-n2c(SCC(=O)NN=Cc3ccc(OCC)c(OC)c3)nc3sc4c(c3c2=O)CCC4)cc1. The fourth-order valence-corrected chi connectivity index (χ4v) is 6.70. The Morgan fingerprint density at radius 3 is 2.67 bits per heavy atom. The Hall–Kier alpha value is -3.83. The smallest absolute Gasteiger partial charge is 0.267 e. The van der Waals surface area contributed by atoms with Gasteiger partial charge in [-0.05, 0) is 86.7 Å². The monoisotopic (exact) mass is 578 g/mol. The number of aryl methyl sites for hydroxylation is 2. The number of nitrogens with zero attached hydrogens (tertiary/aromatic N) is 3. The number of hydrazone groups is 1. The fourth-order valence-electron chi connectivity index (χ4n) is 4.59. The number of aromatic nitrogens is 2. The van der Waals surface area contributed by atoms with Gasteiger partial charge in [-0.3, -0.25) is 14.2 Å². The number of nitrogens with one attached hydrogen (secondary N) is 1. The Morgan fingerprint density at radius 2 is 1.93 bits per heavy atom. The molecule has 1 aliphatic rings. The summed E-state index contributed by atoms with van der Waals surface area (Å²) in [5.41, 5.74) is 4.97. The van der Waals surface area contributed by atoms with Gasteiger partial charge in [0, 0.05) is 4.88 Å². The number of hydrogen-bond acceptors (Lipinski definition) is 9. The van der Waals surface area contributed by atoms with Crippen LogP contribution < -0.4 is 25.2 Å². The van der Waals surface area contributed by atoms with Gasteiger partial charge in [-0.15, -0.1) is 11.3 Å². The van der Waals surface area contributed by atoms with E-state index in [4.69, 9.17) is 19.2 Å². The molecule has 0 spiro atoms. The summed E-state index contributed by atoms with van der Waals surface area (Å²) in [4.78, 5) is 33.3. The summed E-state index contributed by atoms with van der Waals surface area (Å²) in [7, 11) is 1.57. The molecule has 0 saturated carbocycles. The molecule has 40 heavy (non-hydrogen) atoms. The first-order valence-electron chi connectivity index (χ1n) is 13.1. The summed E-state index contributed by atoms with van der Waals surface area (Å²) in [6.07, 6.45) is 4.46. The van der Waals surface area contributed by atoms with Crippen LogP contribution in [0.5, 0.6) is 17.2 Å². The number of benzene rings is 2. The number of thiophene rings is 1. The predicted molar refractivity (Wildman–Crippen MR) is 159 cm³/mol. The molecule has 0 saturated heterocycles. The Labute approximate surface area is 240 Å². The highest BCUT2D eigenvalue weighted by Gasteiger charge is 2.24. The van der Waals surface area contributed by atoms with E-state index >= 15 is 0 Å². The third kappa shape index (κ3) is 5.85. The molecule has 2 heterocycles. The molecule has 0 bridgehead atoms. The topological polar surface area (TPSA) is 104 Å². The molecule has 2 aromatic carbocycles. The second-order valence-corrected chi connectivity index (χ2v) is 11.0. The maximum Gasteiger partial charge on any atom is 0.267 e. The summed E-state index contributed by atoms with van der Waals surface area (Å²) >= 11 is 2.78. The van der Waals surface area contributed by atoms with Gasteiger partial charge in [0.05, 0.1) is 43.4 Å². The number of ether oxygens (including phenoxy) is 3. The largest absolute Gasteiger partial charge is 0.494 e. The zero-order valence-corrected chi connectivity index (χ0v) is 24.2. The lowest BCUT2D eigenvalue weighted by Gasteiger charge is -2.13. The van der Waals surface area contributed by atoms with Gasteiger partial charge >= 0.3 is 0 Å². The van der Waals surface area contributed by atoms with Crippen LogP contribution in [0.2, 0.25) is 0 Å². The minimum absolute atomic E-state index is 0.0318. The van der Waals surface area contributed by atoms with E-state index in [2.05, 4.69) is 10.5 Å². The normalized spacial score (nSPS) is 12.6. The minimum atomic E-state index is -0.319. The Bertz CT molecular complexity index is 1610. The van der Waals surface area contributed by atoms with Crippen LogP contribution in [0.15, 0.2) is 57.5 Å². The summed E-state index contributed by atoms with van der Waals surface area (Å²) in [6, 6.07) is 12.7. The first-order valence-corrected chi connectivity index (χ1v) is 14.9. The van der Waals surface area contributed by atoms with Crippen molar-refractivity contribution in [2.75, 3.05) is 26.1 Å². The van der Waals surface area contributed by atoms with Crippen molar-refractivity contribution < 1.29 is 19.0 Å². The molecule has 0 fully saturated rings. The molecule has 0 unspecified atom stereocenters. The summed E-state index contributed by atoms with van der Waals surface area (Å²) < 4.78 is 18.1. The van der Waals surface area contributed by atoms with Gasteiger partial charge in [0.25, 0.3) is 11.5 Å². The standard InChI is InChI=1S/C29H30N4O5S2/c1-4-37-20-12-10-19(11-13-20)33-28(35)26-21-7-6-8-24(21)40-27(26)31-29(33)39-17-25(34)32-30-16-18-9-14-22(38-5-2)23(15-18)36-3/h9-16H,4-8,17H2,1-3H3,(H,32,34). The van der Waals surface area contributed by atoms with Gasteiger partial charge in [0.2, 0.25) is 0 Å². The third-order valence-corrected chi connectivity index (χ3v) is 8.46. The van der Waals surface area contributed by atoms with E-state index in [9.17, 15) is 9.59 Å². The van der Waals surface area contributed by atoms with Gasteiger partial charge in [0.1, 0.15) is 10.6 Å². The maximum absolute atomic E-state index is 13.8. The molecule has 1 aliphatic carbocycles. The first kappa shape index (κ1) is 27.7. The van der Waals surface area contributed by atoms with Gasteiger partial charge < -0.3 is 14.2 Å². The quantitative estimate of drug-likeness (QED) is 0.116. The van der Waals surface area contributed by atoms with Crippen LogP contribution in [0.25, 0.3) is 15.9 Å². The van der Waals surface area contributed by atoms with Crippen molar-refractivity contribution in [3.05, 3.63) is 68.8 Å². The molecule has 9 nitrogen and oxygen atoms in total. The Balaban J connectivity index is 1.36. The lowest BCUT2D eigenvalue weighted by atomic mass is 10.2. The third-order valence-electron chi connectivity index (χ3n) is 6.34. The van der Waals surface area contributed by atoms with Crippen molar-refractivity contribution in [2.45, 2.75) is 38.3 Å². The molecule has 0 aliphatic heterocycles. The zero-order valence-electron chi connectivity index (χ0n) is 22.6. The maximum atomic E-state index is 13.8. The second kappa shape index (κ2) is 12.6. The van der Waals surface area contributed by atoms with E-state index in [1.54, 1.807) is 35.1 Å².